The number of hydrogen-bond donors (Lipinski definition) is 2. The number of nitrogens with one attached hydrogen (secondary N) is 2. The highest BCUT2D eigenvalue weighted by Gasteiger charge is 2.20. The number of alkyl carbamates (subject to hydrolysis) is 1. The summed E-state index contributed by atoms with van der Waals surface area (Å²) in [6.07, 6.45) is 0.161. The molecule has 0 fully saturated rings. The van der Waals surface area contributed by atoms with Gasteiger partial charge in [0, 0.05) is 19.5 Å². The number of nitro benzene ring substituents is 1. The van der Waals surface area contributed by atoms with Crippen molar-refractivity contribution in [2.24, 2.45) is 0 Å². The quantitative estimate of drug-likeness (QED) is 0.475. The molecule has 1 aromatic rings. The van der Waals surface area contributed by atoms with Gasteiger partial charge in [0.2, 0.25) is 5.91 Å². The molecule has 0 aromatic heterocycles. The molecule has 0 atom stereocenters. The number of nitro groups is 1. The average molecular weight is 369 g/mol. The zero-order valence-corrected chi connectivity index (χ0v) is 15.0. The molecule has 0 aliphatic rings. The molecule has 0 heterocycles. The standard InChI is InChI=1S/C16H23N3O7/c1-4-6-17-15(20)5-7-18-16(21)26-10-11-8-13(24-2)14(25-3)9-12(11)19(22)23/h8-9H,4-7,10H2,1-3H3,(H,17,20)(H,18,21). The zero-order valence-electron chi connectivity index (χ0n) is 15.0. The first-order valence-corrected chi connectivity index (χ1v) is 7.99. The van der Waals surface area contributed by atoms with Crippen molar-refractivity contribution >= 4 is 17.7 Å². The van der Waals surface area contributed by atoms with Crippen LogP contribution in [0.5, 0.6) is 11.5 Å². The molecule has 0 saturated heterocycles. The summed E-state index contributed by atoms with van der Waals surface area (Å²) < 4.78 is 15.1. The molecule has 0 bridgehead atoms. The Hall–Kier alpha value is -3.04. The molecule has 0 radical (unpaired) electrons. The van der Waals surface area contributed by atoms with E-state index in [0.717, 1.165) is 6.42 Å². The molecule has 0 saturated carbocycles. The van der Waals surface area contributed by atoms with Gasteiger partial charge in [0.1, 0.15) is 6.61 Å². The van der Waals surface area contributed by atoms with Crippen LogP contribution in [0.1, 0.15) is 25.3 Å². The van der Waals surface area contributed by atoms with Crippen LogP contribution in [-0.4, -0.2) is 44.2 Å². The van der Waals surface area contributed by atoms with Crippen LogP contribution >= 0.6 is 0 Å². The van der Waals surface area contributed by atoms with E-state index in [4.69, 9.17) is 14.2 Å². The van der Waals surface area contributed by atoms with E-state index in [1.807, 2.05) is 6.92 Å². The van der Waals surface area contributed by atoms with Crippen LogP contribution in [0, 0.1) is 10.1 Å². The van der Waals surface area contributed by atoms with Crippen molar-refractivity contribution in [1.29, 1.82) is 0 Å². The summed E-state index contributed by atoms with van der Waals surface area (Å²) in [6.45, 7) is 2.28. The summed E-state index contributed by atoms with van der Waals surface area (Å²) in [4.78, 5) is 33.7. The Bertz CT molecular complexity index is 649. The van der Waals surface area contributed by atoms with Crippen molar-refractivity contribution in [2.45, 2.75) is 26.4 Å². The van der Waals surface area contributed by atoms with Gasteiger partial charge in [-0.3, -0.25) is 14.9 Å². The van der Waals surface area contributed by atoms with Crippen LogP contribution in [0.15, 0.2) is 12.1 Å². The number of nitrogens with zero attached hydrogens (tertiary/aromatic N) is 1. The number of hydrogen-bond acceptors (Lipinski definition) is 7. The Kier molecular flexibility index (Phi) is 8.68. The highest BCUT2D eigenvalue weighted by Crippen LogP contribution is 2.34. The van der Waals surface area contributed by atoms with Crippen LogP contribution in [-0.2, 0) is 16.1 Å². The molecule has 2 N–H and O–H groups in total. The third-order valence-electron chi connectivity index (χ3n) is 3.33. The lowest BCUT2D eigenvalue weighted by Crippen LogP contribution is -2.31. The summed E-state index contributed by atoms with van der Waals surface area (Å²) in [7, 11) is 2.76. The van der Waals surface area contributed by atoms with Crippen molar-refractivity contribution < 1.29 is 28.7 Å². The lowest BCUT2D eigenvalue weighted by atomic mass is 10.1. The molecule has 2 amide bonds. The van der Waals surface area contributed by atoms with E-state index in [-0.39, 0.29) is 48.2 Å². The molecular weight excluding hydrogens is 346 g/mol. The van der Waals surface area contributed by atoms with E-state index in [9.17, 15) is 19.7 Å². The molecule has 144 valence electrons. The molecule has 1 aromatic carbocycles. The molecule has 0 spiro atoms. The third-order valence-corrected chi connectivity index (χ3v) is 3.33. The summed E-state index contributed by atoms with van der Waals surface area (Å²) in [5.41, 5.74) is -0.0992. The lowest BCUT2D eigenvalue weighted by molar-refractivity contribution is -0.385. The lowest BCUT2D eigenvalue weighted by Gasteiger charge is -2.11. The molecule has 0 aliphatic heterocycles. The normalized spacial score (nSPS) is 9.96. The van der Waals surface area contributed by atoms with E-state index < -0.39 is 11.0 Å². The van der Waals surface area contributed by atoms with Gasteiger partial charge in [-0.25, -0.2) is 4.79 Å². The van der Waals surface area contributed by atoms with Gasteiger partial charge >= 0.3 is 6.09 Å². The summed E-state index contributed by atoms with van der Waals surface area (Å²) in [6, 6.07) is 2.58. The Morgan fingerprint density at radius 1 is 1.12 bits per heavy atom. The topological polar surface area (TPSA) is 129 Å². The van der Waals surface area contributed by atoms with Gasteiger partial charge < -0.3 is 24.8 Å². The second-order valence-corrected chi connectivity index (χ2v) is 5.20. The van der Waals surface area contributed by atoms with Gasteiger partial charge in [0.05, 0.1) is 30.8 Å². The van der Waals surface area contributed by atoms with Gasteiger partial charge in [-0.15, -0.1) is 0 Å². The van der Waals surface area contributed by atoms with Gasteiger partial charge in [0.25, 0.3) is 5.69 Å². The molecule has 10 nitrogen and oxygen atoms in total. The van der Waals surface area contributed by atoms with Crippen LogP contribution in [0.3, 0.4) is 0 Å². The maximum Gasteiger partial charge on any atom is 0.407 e. The van der Waals surface area contributed by atoms with Crippen molar-refractivity contribution in [2.75, 3.05) is 27.3 Å². The first-order chi connectivity index (χ1) is 12.4. The second-order valence-electron chi connectivity index (χ2n) is 5.20. The predicted octanol–water partition coefficient (Wildman–Crippen LogP) is 1.75. The van der Waals surface area contributed by atoms with Gasteiger partial charge in [-0.2, -0.15) is 0 Å². The van der Waals surface area contributed by atoms with Crippen LogP contribution in [0.2, 0.25) is 0 Å². The number of rotatable bonds is 10. The maximum atomic E-state index is 11.7. The fourth-order valence-electron chi connectivity index (χ4n) is 2.02. The van der Waals surface area contributed by atoms with E-state index >= 15 is 0 Å². The molecular formula is C16H23N3O7. The van der Waals surface area contributed by atoms with Crippen molar-refractivity contribution in [3.63, 3.8) is 0 Å². The van der Waals surface area contributed by atoms with Crippen LogP contribution in [0.4, 0.5) is 10.5 Å². The molecule has 10 heteroatoms. The Balaban J connectivity index is 2.61. The van der Waals surface area contributed by atoms with Crippen LogP contribution < -0.4 is 20.1 Å². The second kappa shape index (κ2) is 10.7. The number of amides is 2. The summed E-state index contributed by atoms with van der Waals surface area (Å²) >= 11 is 0. The zero-order chi connectivity index (χ0) is 19.5. The van der Waals surface area contributed by atoms with Crippen molar-refractivity contribution in [3.05, 3.63) is 27.8 Å². The number of carbonyl (C=O) groups is 2. The number of methoxy groups -OCH3 is 2. The average Bonchev–Trinajstić information content (AvgIpc) is 2.63. The highest BCUT2D eigenvalue weighted by molar-refractivity contribution is 5.76. The molecule has 1 rings (SSSR count). The SMILES string of the molecule is CCCNC(=O)CCNC(=O)OCc1cc(OC)c(OC)cc1[N+](=O)[O-]. The van der Waals surface area contributed by atoms with E-state index in [0.29, 0.717) is 6.54 Å². The van der Waals surface area contributed by atoms with E-state index in [1.54, 1.807) is 0 Å². The van der Waals surface area contributed by atoms with E-state index in [1.165, 1.54) is 26.4 Å². The summed E-state index contributed by atoms with van der Waals surface area (Å²) in [5, 5.41) is 16.3. The fraction of sp³-hybridized carbons (Fsp3) is 0.500. The first-order valence-electron chi connectivity index (χ1n) is 7.99. The van der Waals surface area contributed by atoms with Gasteiger partial charge in [-0.1, -0.05) is 6.92 Å². The molecule has 0 aliphatic carbocycles. The highest BCUT2D eigenvalue weighted by atomic mass is 16.6. The maximum absolute atomic E-state index is 11.7. The first kappa shape index (κ1) is 21.0. The van der Waals surface area contributed by atoms with E-state index in [2.05, 4.69) is 10.6 Å². The Labute approximate surface area is 150 Å². The van der Waals surface area contributed by atoms with Crippen molar-refractivity contribution in [1.82, 2.24) is 10.6 Å². The Morgan fingerprint density at radius 2 is 1.77 bits per heavy atom. The monoisotopic (exact) mass is 369 g/mol. The smallest absolute Gasteiger partial charge is 0.407 e. The van der Waals surface area contributed by atoms with Gasteiger partial charge in [-0.05, 0) is 12.5 Å². The Morgan fingerprint density at radius 3 is 2.35 bits per heavy atom. The van der Waals surface area contributed by atoms with Gasteiger partial charge in [0.15, 0.2) is 11.5 Å². The summed E-state index contributed by atoms with van der Waals surface area (Å²) in [5.74, 6) is 0.304. The molecule has 26 heavy (non-hydrogen) atoms. The minimum Gasteiger partial charge on any atom is -0.493 e. The number of ether oxygens (including phenoxy) is 3. The molecule has 0 unspecified atom stereocenters. The minimum atomic E-state index is -0.780. The largest absolute Gasteiger partial charge is 0.493 e. The fourth-order valence-corrected chi connectivity index (χ4v) is 2.02. The predicted molar refractivity (Wildman–Crippen MR) is 92.3 cm³/mol. The number of carbonyl (C=O) groups excluding carboxylic acids is 2. The third kappa shape index (κ3) is 6.46. The van der Waals surface area contributed by atoms with Crippen molar-refractivity contribution in [3.8, 4) is 11.5 Å². The number of benzene rings is 1. The van der Waals surface area contributed by atoms with Crippen LogP contribution in [0.25, 0.3) is 0 Å². The minimum absolute atomic E-state index is 0.0996.